The number of carbonyl (C=O) groups excluding carboxylic acids is 1. The summed E-state index contributed by atoms with van der Waals surface area (Å²) < 4.78 is 66.0. The Balaban J connectivity index is 1.68. The zero-order valence-corrected chi connectivity index (χ0v) is 15.9. The van der Waals surface area contributed by atoms with Crippen molar-refractivity contribution in [3.05, 3.63) is 36.4 Å². The number of rotatable bonds is 5. The fourth-order valence-electron chi connectivity index (χ4n) is 3.83. The van der Waals surface area contributed by atoms with E-state index in [-0.39, 0.29) is 10.8 Å². The van der Waals surface area contributed by atoms with Crippen molar-refractivity contribution in [2.45, 2.75) is 36.9 Å². The van der Waals surface area contributed by atoms with Crippen LogP contribution in [0.2, 0.25) is 0 Å². The second kappa shape index (κ2) is 6.37. The number of benzene rings is 2. The van der Waals surface area contributed by atoms with Gasteiger partial charge in [0, 0.05) is 11.4 Å². The second-order valence-corrected chi connectivity index (χ2v) is 9.19. The summed E-state index contributed by atoms with van der Waals surface area (Å²) in [6.07, 6.45) is -3.00. The van der Waals surface area contributed by atoms with Crippen LogP contribution in [0.1, 0.15) is 19.8 Å². The number of nitrogens with zero attached hydrogens (tertiary/aromatic N) is 2. The average molecular weight is 412 g/mol. The topological polar surface area (TPSA) is 57.7 Å². The van der Waals surface area contributed by atoms with Gasteiger partial charge in [0.05, 0.1) is 10.6 Å². The van der Waals surface area contributed by atoms with Crippen LogP contribution in [-0.2, 0) is 14.8 Å². The molecular weight excluding hydrogens is 393 g/mol. The first-order valence-corrected chi connectivity index (χ1v) is 10.4. The molecule has 1 atom stereocenters. The van der Waals surface area contributed by atoms with Gasteiger partial charge in [-0.05, 0) is 43.2 Å². The Hall–Kier alpha value is -2.29. The van der Waals surface area contributed by atoms with E-state index in [0.717, 1.165) is 22.0 Å². The minimum atomic E-state index is -4.55. The van der Waals surface area contributed by atoms with Crippen molar-refractivity contribution in [3.8, 4) is 0 Å². The quantitative estimate of drug-likeness (QED) is 0.755. The van der Waals surface area contributed by atoms with Gasteiger partial charge in [0.15, 0.2) is 0 Å². The van der Waals surface area contributed by atoms with Gasteiger partial charge < -0.3 is 4.90 Å². The molecule has 5 nitrogen and oxygen atoms in total. The van der Waals surface area contributed by atoms with Crippen LogP contribution < -0.4 is 4.31 Å². The third kappa shape index (κ3) is 3.21. The number of sulfonamides is 1. The predicted molar refractivity (Wildman–Crippen MR) is 98.4 cm³/mol. The lowest BCUT2D eigenvalue weighted by molar-refractivity contribution is -0.165. The van der Waals surface area contributed by atoms with Crippen LogP contribution in [0, 0.1) is 5.92 Å². The zero-order chi connectivity index (χ0) is 20.3. The number of anilines is 1. The first kappa shape index (κ1) is 19.0. The molecule has 1 aliphatic heterocycles. The molecule has 1 saturated carbocycles. The molecule has 1 fully saturated rings. The van der Waals surface area contributed by atoms with Gasteiger partial charge in [0.1, 0.15) is 13.1 Å². The molecule has 9 heteroatoms. The summed E-state index contributed by atoms with van der Waals surface area (Å²) in [4.78, 5) is 13.7. The number of hydrogen-bond donors (Lipinski definition) is 0. The molecule has 1 amide bonds. The fourth-order valence-corrected chi connectivity index (χ4v) is 5.49. The summed E-state index contributed by atoms with van der Waals surface area (Å²) in [5.41, 5.74) is 0.326. The van der Waals surface area contributed by atoms with Crippen molar-refractivity contribution in [2.75, 3.05) is 17.4 Å². The van der Waals surface area contributed by atoms with Crippen LogP contribution in [0.3, 0.4) is 0 Å². The third-order valence-electron chi connectivity index (χ3n) is 5.43. The van der Waals surface area contributed by atoms with Crippen LogP contribution in [0.4, 0.5) is 18.9 Å². The lowest BCUT2D eigenvalue weighted by Gasteiger charge is -2.32. The molecule has 0 N–H and O–H groups in total. The molecule has 1 heterocycles. The van der Waals surface area contributed by atoms with Gasteiger partial charge in [-0.3, -0.25) is 9.10 Å². The summed E-state index contributed by atoms with van der Waals surface area (Å²) >= 11 is 0. The lowest BCUT2D eigenvalue weighted by atomic mass is 10.1. The molecule has 2 aromatic rings. The number of halogens is 3. The van der Waals surface area contributed by atoms with Crippen LogP contribution in [0.15, 0.2) is 41.3 Å². The Kier molecular flexibility index (Phi) is 4.33. The summed E-state index contributed by atoms with van der Waals surface area (Å²) in [6, 6.07) is 9.23. The maximum atomic E-state index is 13.0. The number of amides is 1. The third-order valence-corrected chi connectivity index (χ3v) is 7.23. The second-order valence-electron chi connectivity index (χ2n) is 7.36. The molecule has 0 unspecified atom stereocenters. The molecule has 4 rings (SSSR count). The Morgan fingerprint density at radius 3 is 2.46 bits per heavy atom. The van der Waals surface area contributed by atoms with E-state index in [1.54, 1.807) is 37.3 Å². The minimum Gasteiger partial charge on any atom is -0.329 e. The summed E-state index contributed by atoms with van der Waals surface area (Å²) in [6.45, 7) is -0.437. The maximum Gasteiger partial charge on any atom is 0.406 e. The molecule has 0 radical (unpaired) electrons. The Bertz CT molecular complexity index is 1040. The van der Waals surface area contributed by atoms with E-state index in [4.69, 9.17) is 0 Å². The van der Waals surface area contributed by atoms with E-state index in [1.165, 1.54) is 6.07 Å². The van der Waals surface area contributed by atoms with Crippen molar-refractivity contribution >= 4 is 32.4 Å². The van der Waals surface area contributed by atoms with E-state index in [0.29, 0.717) is 16.5 Å². The summed E-state index contributed by atoms with van der Waals surface area (Å²) in [5, 5.41) is 1.20. The monoisotopic (exact) mass is 412 g/mol. The van der Waals surface area contributed by atoms with E-state index in [2.05, 4.69) is 0 Å². The van der Waals surface area contributed by atoms with Gasteiger partial charge in [-0.25, -0.2) is 8.42 Å². The lowest BCUT2D eigenvalue weighted by Crippen LogP contribution is -2.49. The summed E-state index contributed by atoms with van der Waals surface area (Å²) in [7, 11) is -4.00. The van der Waals surface area contributed by atoms with Gasteiger partial charge in [-0.15, -0.1) is 0 Å². The maximum absolute atomic E-state index is 13.0. The van der Waals surface area contributed by atoms with Crippen LogP contribution in [0.25, 0.3) is 10.8 Å². The normalized spacial score (nSPS) is 19.1. The van der Waals surface area contributed by atoms with Gasteiger partial charge in [-0.1, -0.05) is 24.3 Å². The van der Waals surface area contributed by atoms with Gasteiger partial charge >= 0.3 is 6.18 Å². The predicted octanol–water partition coefficient (Wildman–Crippen LogP) is 3.54. The zero-order valence-electron chi connectivity index (χ0n) is 15.1. The Morgan fingerprint density at radius 1 is 1.21 bits per heavy atom. The van der Waals surface area contributed by atoms with Crippen molar-refractivity contribution in [3.63, 3.8) is 0 Å². The number of carbonyl (C=O) groups is 1. The highest BCUT2D eigenvalue weighted by Crippen LogP contribution is 2.42. The highest BCUT2D eigenvalue weighted by atomic mass is 32.2. The molecule has 0 spiro atoms. The van der Waals surface area contributed by atoms with Crippen LogP contribution in [0.5, 0.6) is 0 Å². The molecule has 2 aliphatic rings. The van der Waals surface area contributed by atoms with Crippen molar-refractivity contribution in [1.29, 1.82) is 0 Å². The first-order chi connectivity index (χ1) is 13.1. The van der Waals surface area contributed by atoms with Crippen molar-refractivity contribution in [2.24, 2.45) is 5.92 Å². The van der Waals surface area contributed by atoms with Gasteiger partial charge in [0.25, 0.3) is 10.0 Å². The molecule has 2 aromatic carbocycles. The Labute approximate surface area is 160 Å². The molecule has 0 bridgehead atoms. The standard InChI is InChI=1S/C19H19F3N2O3S/c1-12(13-8-9-13)23(11-19(20,21)22)17(25)10-24-15-6-2-4-14-5-3-7-16(18(14)15)28(24,26)27/h2-7,12-13H,8-11H2,1H3/t12-/m0/s1. The molecule has 28 heavy (non-hydrogen) atoms. The Morgan fingerprint density at radius 2 is 1.86 bits per heavy atom. The van der Waals surface area contributed by atoms with E-state index in [9.17, 15) is 26.4 Å². The van der Waals surface area contributed by atoms with Crippen LogP contribution >= 0.6 is 0 Å². The molecular formula is C19H19F3N2O3S. The molecule has 0 aromatic heterocycles. The van der Waals surface area contributed by atoms with E-state index >= 15 is 0 Å². The van der Waals surface area contributed by atoms with E-state index < -0.39 is 41.2 Å². The minimum absolute atomic E-state index is 0.0297. The highest BCUT2D eigenvalue weighted by molar-refractivity contribution is 7.93. The van der Waals surface area contributed by atoms with Gasteiger partial charge in [0.2, 0.25) is 5.91 Å². The number of hydrogen-bond acceptors (Lipinski definition) is 3. The summed E-state index contributed by atoms with van der Waals surface area (Å²) in [5.74, 6) is -0.813. The fraction of sp³-hybridized carbons (Fsp3) is 0.421. The molecule has 1 aliphatic carbocycles. The molecule has 150 valence electrons. The average Bonchev–Trinajstić information content (AvgIpc) is 3.44. The van der Waals surface area contributed by atoms with Crippen molar-refractivity contribution < 1.29 is 26.4 Å². The van der Waals surface area contributed by atoms with Gasteiger partial charge in [-0.2, -0.15) is 13.2 Å². The van der Waals surface area contributed by atoms with Crippen LogP contribution in [-0.4, -0.2) is 44.5 Å². The molecule has 0 saturated heterocycles. The van der Waals surface area contributed by atoms with E-state index in [1.807, 2.05) is 0 Å². The SMILES string of the molecule is C[C@@H](C1CC1)N(CC(F)(F)F)C(=O)CN1c2cccc3cccc(c23)S1(=O)=O. The largest absolute Gasteiger partial charge is 0.406 e. The van der Waals surface area contributed by atoms with Crippen molar-refractivity contribution in [1.82, 2.24) is 4.90 Å². The first-order valence-electron chi connectivity index (χ1n) is 9.00. The highest BCUT2D eigenvalue weighted by Gasteiger charge is 2.43. The number of alkyl halides is 3. The smallest absolute Gasteiger partial charge is 0.329 e.